The smallest absolute Gasteiger partial charge is 0.221 e. The first-order valence-corrected chi connectivity index (χ1v) is 12.8. The Labute approximate surface area is 208 Å². The summed E-state index contributed by atoms with van der Waals surface area (Å²) < 4.78 is 2.32. The number of hydrogen-bond acceptors (Lipinski definition) is 2. The van der Waals surface area contributed by atoms with E-state index in [1.54, 1.807) is 0 Å². The fraction of sp³-hybridized carbons (Fsp3) is 0.323. The number of hydrogen-bond donors (Lipinski definition) is 2. The predicted octanol–water partition coefficient (Wildman–Crippen LogP) is 5.91. The van der Waals surface area contributed by atoms with E-state index in [0.29, 0.717) is 6.42 Å². The molecule has 4 nitrogen and oxygen atoms in total. The fourth-order valence-corrected chi connectivity index (χ4v) is 5.49. The molecule has 1 saturated carbocycles. The van der Waals surface area contributed by atoms with E-state index in [1.165, 1.54) is 33.2 Å². The second-order valence-corrected chi connectivity index (χ2v) is 10.1. The maximum Gasteiger partial charge on any atom is 0.221 e. The number of nitrogens with one attached hydrogen (secondary N) is 1. The summed E-state index contributed by atoms with van der Waals surface area (Å²) in [6.45, 7) is 2.92. The number of nitrogens with zero attached hydrogens (tertiary/aromatic N) is 1. The maximum absolute atomic E-state index is 13.3. The van der Waals surface area contributed by atoms with Crippen molar-refractivity contribution in [3.8, 4) is 0 Å². The first-order valence-electron chi connectivity index (χ1n) is 12.8. The highest BCUT2D eigenvalue weighted by atomic mass is 16.1. The van der Waals surface area contributed by atoms with E-state index >= 15 is 0 Å². The second kappa shape index (κ2) is 10.5. The Morgan fingerprint density at radius 1 is 0.971 bits per heavy atom. The summed E-state index contributed by atoms with van der Waals surface area (Å²) in [5.41, 5.74) is 12.1. The van der Waals surface area contributed by atoms with Crippen LogP contribution in [0.15, 0.2) is 85.1 Å². The number of amides is 1. The first kappa shape index (κ1) is 23.4. The van der Waals surface area contributed by atoms with E-state index in [-0.39, 0.29) is 23.9 Å². The Bertz CT molecular complexity index is 1290. The predicted molar refractivity (Wildman–Crippen MR) is 143 cm³/mol. The monoisotopic (exact) mass is 465 g/mol. The number of aromatic nitrogens is 1. The van der Waals surface area contributed by atoms with Crippen LogP contribution in [0.5, 0.6) is 0 Å². The van der Waals surface area contributed by atoms with Crippen molar-refractivity contribution >= 4 is 16.8 Å². The van der Waals surface area contributed by atoms with Gasteiger partial charge in [-0.15, -0.1) is 0 Å². The van der Waals surface area contributed by atoms with Crippen molar-refractivity contribution < 1.29 is 4.79 Å². The Morgan fingerprint density at radius 3 is 2.49 bits per heavy atom. The molecule has 3 N–H and O–H groups in total. The molecule has 1 heterocycles. The summed E-state index contributed by atoms with van der Waals surface area (Å²) in [6.07, 6.45) is 6.61. The molecule has 1 unspecified atom stereocenters. The van der Waals surface area contributed by atoms with Gasteiger partial charge in [-0.1, -0.05) is 78.4 Å². The summed E-state index contributed by atoms with van der Waals surface area (Å²) in [5.74, 6) is 0.111. The van der Waals surface area contributed by atoms with Gasteiger partial charge in [0.2, 0.25) is 5.91 Å². The van der Waals surface area contributed by atoms with Gasteiger partial charge in [-0.05, 0) is 55.4 Å². The van der Waals surface area contributed by atoms with Crippen LogP contribution in [0.2, 0.25) is 0 Å². The van der Waals surface area contributed by atoms with Crippen LogP contribution in [-0.2, 0) is 11.3 Å². The number of carbonyl (C=O) groups excluding carboxylic acids is 1. The van der Waals surface area contributed by atoms with Crippen molar-refractivity contribution in [2.75, 3.05) is 0 Å². The molecule has 1 fully saturated rings. The second-order valence-electron chi connectivity index (χ2n) is 10.1. The Balaban J connectivity index is 1.49. The van der Waals surface area contributed by atoms with Crippen LogP contribution in [0.1, 0.15) is 60.3 Å². The van der Waals surface area contributed by atoms with Crippen molar-refractivity contribution in [3.05, 3.63) is 107 Å². The summed E-state index contributed by atoms with van der Waals surface area (Å²) in [4.78, 5) is 13.3. The molecule has 35 heavy (non-hydrogen) atoms. The zero-order valence-corrected chi connectivity index (χ0v) is 20.5. The molecule has 5 rings (SSSR count). The molecule has 1 amide bonds. The molecule has 1 aliphatic carbocycles. The lowest BCUT2D eigenvalue weighted by atomic mass is 9.86. The van der Waals surface area contributed by atoms with Gasteiger partial charge >= 0.3 is 0 Å². The number of carbonyl (C=O) groups is 1. The molecule has 1 aliphatic rings. The molecule has 0 aliphatic heterocycles. The minimum absolute atomic E-state index is 0.0114. The molecule has 1 atom stereocenters. The van der Waals surface area contributed by atoms with Gasteiger partial charge in [0.05, 0.1) is 0 Å². The third-order valence-electron chi connectivity index (χ3n) is 7.36. The SMILES string of the molecule is Cc1cccc(C(CC(=O)N[C@H]2CC[C@@H](N)CC2)c2cn(Cc3ccccc3)c3ccccc23)c1. The highest BCUT2D eigenvalue weighted by Gasteiger charge is 2.25. The average molecular weight is 466 g/mol. The van der Waals surface area contributed by atoms with Crippen LogP contribution in [0.25, 0.3) is 10.9 Å². The number of para-hydroxylation sites is 1. The van der Waals surface area contributed by atoms with Gasteiger partial charge in [-0.25, -0.2) is 0 Å². The molecule has 4 heteroatoms. The molecule has 4 aromatic rings. The topological polar surface area (TPSA) is 60.1 Å². The van der Waals surface area contributed by atoms with Crippen molar-refractivity contribution in [2.45, 2.75) is 63.6 Å². The maximum atomic E-state index is 13.3. The van der Waals surface area contributed by atoms with E-state index in [2.05, 4.69) is 102 Å². The summed E-state index contributed by atoms with van der Waals surface area (Å²) in [7, 11) is 0. The largest absolute Gasteiger partial charge is 0.353 e. The van der Waals surface area contributed by atoms with Gasteiger partial charge in [0.1, 0.15) is 0 Å². The number of aryl methyl sites for hydroxylation is 1. The number of benzene rings is 3. The van der Waals surface area contributed by atoms with Crippen molar-refractivity contribution in [3.63, 3.8) is 0 Å². The molecular weight excluding hydrogens is 430 g/mol. The number of nitrogens with two attached hydrogens (primary N) is 1. The van der Waals surface area contributed by atoms with Crippen molar-refractivity contribution in [1.29, 1.82) is 0 Å². The van der Waals surface area contributed by atoms with Crippen LogP contribution < -0.4 is 11.1 Å². The minimum atomic E-state index is -0.0114. The highest BCUT2D eigenvalue weighted by molar-refractivity contribution is 5.87. The average Bonchev–Trinajstić information content (AvgIpc) is 3.23. The van der Waals surface area contributed by atoms with Crippen LogP contribution in [0.3, 0.4) is 0 Å². The van der Waals surface area contributed by atoms with E-state index in [1.807, 2.05) is 0 Å². The molecule has 0 radical (unpaired) electrons. The lowest BCUT2D eigenvalue weighted by Crippen LogP contribution is -2.40. The molecule has 0 spiro atoms. The van der Waals surface area contributed by atoms with Crippen LogP contribution in [0.4, 0.5) is 0 Å². The van der Waals surface area contributed by atoms with Gasteiger partial charge in [0.15, 0.2) is 0 Å². The van der Waals surface area contributed by atoms with Crippen molar-refractivity contribution in [2.24, 2.45) is 5.73 Å². The standard InChI is InChI=1S/C31H35N3O/c1-22-8-7-11-24(18-22)28(19-31(35)33-26-16-14-25(32)15-17-26)29-21-34(20-23-9-3-2-4-10-23)30-13-6-5-12-27(29)30/h2-13,18,21,25-26,28H,14-17,19-20,32H2,1H3,(H,33,35)/t25-,26+,28?. The molecule has 180 valence electrons. The zero-order chi connectivity index (χ0) is 24.2. The van der Waals surface area contributed by atoms with Crippen LogP contribution in [0, 0.1) is 6.92 Å². The molecule has 0 saturated heterocycles. The van der Waals surface area contributed by atoms with E-state index in [0.717, 1.165) is 32.2 Å². The first-order chi connectivity index (χ1) is 17.1. The van der Waals surface area contributed by atoms with Gasteiger partial charge in [0.25, 0.3) is 0 Å². The Kier molecular flexibility index (Phi) is 7.01. The fourth-order valence-electron chi connectivity index (χ4n) is 5.49. The normalized spacial score (nSPS) is 18.9. The lowest BCUT2D eigenvalue weighted by Gasteiger charge is -2.27. The summed E-state index contributed by atoms with van der Waals surface area (Å²) in [6, 6.07) is 28.2. The third-order valence-corrected chi connectivity index (χ3v) is 7.36. The van der Waals surface area contributed by atoms with Gasteiger partial charge in [0, 0.05) is 48.1 Å². The van der Waals surface area contributed by atoms with E-state index in [9.17, 15) is 4.79 Å². The number of fused-ring (bicyclic) bond motifs is 1. The highest BCUT2D eigenvalue weighted by Crippen LogP contribution is 2.35. The Hall–Kier alpha value is -3.37. The minimum Gasteiger partial charge on any atom is -0.353 e. The van der Waals surface area contributed by atoms with E-state index < -0.39 is 0 Å². The van der Waals surface area contributed by atoms with Crippen LogP contribution in [-0.4, -0.2) is 22.6 Å². The number of rotatable bonds is 7. The van der Waals surface area contributed by atoms with Crippen molar-refractivity contribution in [1.82, 2.24) is 9.88 Å². The lowest BCUT2D eigenvalue weighted by molar-refractivity contribution is -0.122. The third kappa shape index (κ3) is 5.49. The van der Waals surface area contributed by atoms with E-state index in [4.69, 9.17) is 5.73 Å². The molecule has 0 bridgehead atoms. The quantitative estimate of drug-likeness (QED) is 0.357. The zero-order valence-electron chi connectivity index (χ0n) is 20.5. The Morgan fingerprint density at radius 2 is 1.71 bits per heavy atom. The van der Waals surface area contributed by atoms with Crippen LogP contribution >= 0.6 is 0 Å². The molecular formula is C31H35N3O. The molecule has 3 aromatic carbocycles. The van der Waals surface area contributed by atoms with Gasteiger partial charge in [-0.3, -0.25) is 4.79 Å². The van der Waals surface area contributed by atoms with Gasteiger partial charge in [-0.2, -0.15) is 0 Å². The molecule has 1 aromatic heterocycles. The van der Waals surface area contributed by atoms with Gasteiger partial charge < -0.3 is 15.6 Å². The summed E-state index contributed by atoms with van der Waals surface area (Å²) in [5, 5.41) is 4.53. The summed E-state index contributed by atoms with van der Waals surface area (Å²) >= 11 is 0.